The normalized spacial score (nSPS) is 20.1. The van der Waals surface area contributed by atoms with Gasteiger partial charge in [-0.3, -0.25) is 39.1 Å². The summed E-state index contributed by atoms with van der Waals surface area (Å²) in [5, 5.41) is 34.6. The van der Waals surface area contributed by atoms with Gasteiger partial charge in [-0.05, 0) is 165 Å². The summed E-state index contributed by atoms with van der Waals surface area (Å²) in [6.07, 6.45) is 9.22. The van der Waals surface area contributed by atoms with E-state index in [-0.39, 0.29) is 126 Å². The van der Waals surface area contributed by atoms with Gasteiger partial charge in [-0.1, -0.05) is 6.92 Å². The fraction of sp³-hybridized carbons (Fsp3) is 0.576. The second-order valence-electron chi connectivity index (χ2n) is 38.3. The number of rotatable bonds is 39. The molecule has 44 heteroatoms. The van der Waals surface area contributed by atoms with Crippen molar-refractivity contribution in [1.82, 2.24) is 80.4 Å². The lowest BCUT2D eigenvalue weighted by Gasteiger charge is -2.33. The number of halogens is 3. The van der Waals surface area contributed by atoms with Crippen molar-refractivity contribution < 1.29 is 84.8 Å². The lowest BCUT2D eigenvalue weighted by Crippen LogP contribution is -2.37. The van der Waals surface area contributed by atoms with Crippen LogP contribution in [0.15, 0.2) is 95.4 Å². The van der Waals surface area contributed by atoms with E-state index in [0.29, 0.717) is 174 Å². The molecule has 15 heterocycles. The van der Waals surface area contributed by atoms with Crippen LogP contribution in [0.1, 0.15) is 189 Å². The number of fused-ring (bicyclic) bond motifs is 3. The third kappa shape index (κ3) is 28.6. The van der Waals surface area contributed by atoms with Gasteiger partial charge in [0.1, 0.15) is 41.8 Å². The Morgan fingerprint density at radius 1 is 0.573 bits per heavy atom. The largest absolute Gasteiger partial charge is 0.489 e. The van der Waals surface area contributed by atoms with Crippen LogP contribution in [0.4, 0.5) is 48.3 Å². The van der Waals surface area contributed by atoms with Crippen LogP contribution in [0.2, 0.25) is 0 Å². The summed E-state index contributed by atoms with van der Waals surface area (Å²) in [6, 6.07) is 23.7. The van der Waals surface area contributed by atoms with Crippen LogP contribution in [0.3, 0.4) is 0 Å². The number of pyridine rings is 4. The summed E-state index contributed by atoms with van der Waals surface area (Å²) >= 11 is 0. The van der Waals surface area contributed by atoms with Crippen molar-refractivity contribution in [3.63, 3.8) is 0 Å². The molecule has 41 nitrogen and oxygen atoms in total. The Kier molecular flexibility index (Phi) is 35.0. The highest BCUT2D eigenvalue weighted by Gasteiger charge is 2.55. The molecule has 8 fully saturated rings. The van der Waals surface area contributed by atoms with Crippen LogP contribution in [0.5, 0.6) is 35.5 Å². The number of ether oxygens (including phenoxy) is 10. The highest BCUT2D eigenvalue weighted by Crippen LogP contribution is 2.46. The fourth-order valence-electron chi connectivity index (χ4n) is 17.8. The van der Waals surface area contributed by atoms with Gasteiger partial charge < -0.3 is 94.2 Å². The molecule has 7 N–H and O–H groups in total. The predicted octanol–water partition coefficient (Wildman–Crippen LogP) is 9.77. The first-order valence-corrected chi connectivity index (χ1v) is 48.8. The van der Waals surface area contributed by atoms with Gasteiger partial charge in [0.2, 0.25) is 35.1 Å². The highest BCUT2D eigenvalue weighted by atomic mass is 19.4. The molecule has 0 aromatic carbocycles. The number of nitrogens with two attached hydrogens (primary N) is 2. The number of carbonyl (C=O) groups excluding carboxylic acids is 4. The number of amides is 2. The Balaban J connectivity index is 0.000000144. The molecule has 1 unspecified atom stereocenters. The third-order valence-electron chi connectivity index (χ3n) is 27.1. The summed E-state index contributed by atoms with van der Waals surface area (Å²) in [5.41, 5.74) is 17.6. The number of piperidine rings is 4. The molecule has 3 aliphatic carbocycles. The number of nitrogens with one attached hydrogen (secondary N) is 2. The van der Waals surface area contributed by atoms with E-state index in [1.54, 1.807) is 84.0 Å². The van der Waals surface area contributed by atoms with Crippen LogP contribution in [0, 0.1) is 81.3 Å². The number of nitrogen functional groups attached to an aromatic ring is 2. The van der Waals surface area contributed by atoms with Gasteiger partial charge in [0, 0.05) is 188 Å². The third-order valence-corrected chi connectivity index (χ3v) is 27.1. The molecule has 8 aromatic rings. The van der Waals surface area contributed by atoms with Crippen molar-refractivity contribution >= 4 is 70.0 Å². The van der Waals surface area contributed by atoms with Gasteiger partial charge in [-0.15, -0.1) is 0 Å². The van der Waals surface area contributed by atoms with Crippen molar-refractivity contribution in [3.05, 3.63) is 131 Å². The maximum absolute atomic E-state index is 13.1. The van der Waals surface area contributed by atoms with E-state index in [4.69, 9.17) is 74.1 Å². The first-order chi connectivity index (χ1) is 69.0. The van der Waals surface area contributed by atoms with E-state index in [9.17, 15) is 42.7 Å². The lowest BCUT2D eigenvalue weighted by atomic mass is 9.88. The number of hydrogen-bond acceptors (Lipinski definition) is 39. The molecule has 143 heavy (non-hydrogen) atoms. The van der Waals surface area contributed by atoms with E-state index in [1.807, 2.05) is 55.1 Å². The molecule has 18 rings (SSSR count). The predicted molar refractivity (Wildman–Crippen MR) is 517 cm³/mol. The first kappa shape index (κ1) is 104. The molecular weight excluding hydrogens is 1850 g/mol. The highest BCUT2D eigenvalue weighted by molar-refractivity contribution is 6.06. The molecule has 8 atom stereocenters. The van der Waals surface area contributed by atoms with E-state index in [0.717, 1.165) is 102 Å². The zero-order chi connectivity index (χ0) is 101. The van der Waals surface area contributed by atoms with Crippen molar-refractivity contribution in [2.75, 3.05) is 171 Å². The Hall–Kier alpha value is -13.4. The number of hydrogen-bond donors (Lipinski definition) is 5. The number of alkyl halides is 3. The number of carbonyl (C=O) groups is 4. The monoisotopic (exact) mass is 1970 g/mol. The topological polar surface area (TPSA) is 523 Å². The molecule has 5 saturated heterocycles. The Bertz CT molecular complexity index is 5850. The number of aromatic nitrogens is 14. The van der Waals surface area contributed by atoms with Crippen LogP contribution in [-0.2, 0) is 32.0 Å². The number of Topliss-reactive ketones (excluding diaryl/α,β-unsaturated/α-hetero) is 2. The Morgan fingerprint density at radius 3 is 1.50 bits per heavy atom. The van der Waals surface area contributed by atoms with Gasteiger partial charge in [0.15, 0.2) is 23.1 Å². The molecule has 0 spiro atoms. The van der Waals surface area contributed by atoms with E-state index in [1.165, 1.54) is 22.6 Å². The standard InChI is InChI=1S/C26H35N7O4.C26H32N6O4.C24H32N6O4.C23H26F3N7O3/c1-17(25(2,3)35)13-19(34)22-30-23(32-24(31-22)37-16-26(15-27)8-9-26)33-11-6-18(7-12-33)14-36-20-5-4-10-29-21(20)28;1-15(12-34-2)36-26-29-20(25(33)31-24-18-13-35-14-19(18)24)10-22(30-26)32-8-5-16(6-9-32)23-17-4-3-7-27-21(17)11-28-23;1-16(15-33-3)34-24-28-19(23(31)26-9-12-32-2)13-21(29-24)30-10-6-17(7-11-30)22-18-5-4-8-25-20(18)14-27-22;24-23(25,26)6-3-17(34)20-30-21(32-22(31-20)36-13-16-10-15(16)11-27)33-8-4-14(5-9-33)12-35-18-2-1-7-29-19(18)28/h4-5,10,17-18,35H,6-9,11-14,16H2,1-3H3,(H2,28,29);3-4,7,10,15-16,18-19,24H,5-6,8-9,11-14H2,1-2H3,(H,31,33);4-5,8,13,16-17H,6-7,9-12,14-15H2,1-3H3,(H,26,31);1-2,7,14-16H,3-6,8-10,12-13H2,(H2,28,29)/t17-;15-,18-,19+,24?;16-;15-,16+/m0110/s1. The average Bonchev–Trinajstić information content (AvgIpc) is 1.60. The van der Waals surface area contributed by atoms with E-state index >= 15 is 0 Å². The first-order valence-electron chi connectivity index (χ1n) is 48.8. The number of nitrogens with zero attached hydrogens (tertiary/aromatic N) is 22. The maximum atomic E-state index is 13.1. The quantitative estimate of drug-likeness (QED) is 0.0177. The summed E-state index contributed by atoms with van der Waals surface area (Å²) < 4.78 is 93.4. The fourth-order valence-corrected chi connectivity index (χ4v) is 17.8. The van der Waals surface area contributed by atoms with Crippen LogP contribution in [-0.4, -0.2) is 279 Å². The number of methoxy groups -OCH3 is 3. The van der Waals surface area contributed by atoms with Gasteiger partial charge in [0.05, 0.1) is 113 Å². The van der Waals surface area contributed by atoms with Gasteiger partial charge >= 0.3 is 30.2 Å². The molecule has 3 saturated carbocycles. The van der Waals surface area contributed by atoms with Crippen molar-refractivity contribution in [3.8, 4) is 47.7 Å². The Labute approximate surface area is 827 Å². The average molecular weight is 1980 g/mol. The lowest BCUT2D eigenvalue weighted by molar-refractivity contribution is -0.133. The smallest absolute Gasteiger partial charge is 0.389 e. The molecule has 2 amide bonds. The van der Waals surface area contributed by atoms with Gasteiger partial charge in [0.25, 0.3) is 11.8 Å². The minimum absolute atomic E-state index is 0.00964. The number of nitriles is 2. The Morgan fingerprint density at radius 2 is 1.05 bits per heavy atom. The van der Waals surface area contributed by atoms with Crippen LogP contribution < -0.4 is 70.1 Å². The summed E-state index contributed by atoms with van der Waals surface area (Å²) in [5.74, 6) is 3.65. The second-order valence-corrected chi connectivity index (χ2v) is 38.3. The number of anilines is 6. The van der Waals surface area contributed by atoms with Crippen LogP contribution >= 0.6 is 0 Å². The van der Waals surface area contributed by atoms with E-state index < -0.39 is 35.8 Å². The molecular formula is C99H125F3N26O15. The van der Waals surface area contributed by atoms with Crippen LogP contribution in [0.25, 0.3) is 0 Å². The number of aliphatic imine (C=N–C) groups is 2. The van der Waals surface area contributed by atoms with Crippen molar-refractivity contribution in [1.29, 1.82) is 10.5 Å². The zero-order valence-electron chi connectivity index (χ0n) is 81.8. The van der Waals surface area contributed by atoms with E-state index in [2.05, 4.69) is 114 Å². The molecule has 10 aliphatic rings. The van der Waals surface area contributed by atoms with Gasteiger partial charge in [-0.25, -0.2) is 9.97 Å². The minimum atomic E-state index is -4.46. The van der Waals surface area contributed by atoms with Crippen molar-refractivity contribution in [2.24, 2.45) is 68.7 Å². The van der Waals surface area contributed by atoms with Crippen molar-refractivity contribution in [2.45, 2.75) is 168 Å². The summed E-state index contributed by atoms with van der Waals surface area (Å²) in [4.78, 5) is 130. The molecule has 8 aromatic heterocycles. The molecule has 762 valence electrons. The summed E-state index contributed by atoms with van der Waals surface area (Å²) in [7, 11) is 4.83. The second kappa shape index (κ2) is 48.1. The number of ketones is 2. The van der Waals surface area contributed by atoms with Gasteiger partial charge in [-0.2, -0.15) is 73.5 Å². The summed E-state index contributed by atoms with van der Waals surface area (Å²) in [6.45, 7) is 20.4. The molecule has 7 aliphatic heterocycles. The zero-order valence-corrected chi connectivity index (χ0v) is 81.8. The number of aliphatic hydroxyl groups is 1. The minimum Gasteiger partial charge on any atom is -0.489 e. The molecule has 0 bridgehead atoms. The maximum Gasteiger partial charge on any atom is 0.389 e. The molecule has 0 radical (unpaired) electrons. The SMILES string of the molecule is COCCNC(=O)c1cc(N2CCC(C3=NCc4ncccc43)CC2)nc(O[C@H](C)COC)n1.COC[C@@H](C)Oc1nc(C(=O)NC2[C@H]3COC[C@@H]23)cc(N2CCC(C3=NCc4ncccc43)CC2)n1.C[C@@H](CC(=O)c1nc(OCC2(C#N)CC2)nc(N2CCC(COc3cccnc3N)CC2)n1)C(C)(C)O.N#C[C@@H]1C[C@@H]1COc1nc(C(=O)CCC(F)(F)F)nc(N2CCC(COc3cccnc3N)CC2)n1.